The number of methoxy groups -OCH3 is 1. The summed E-state index contributed by atoms with van der Waals surface area (Å²) in [7, 11) is 1.51. The van der Waals surface area contributed by atoms with Crippen molar-refractivity contribution in [1.29, 1.82) is 5.26 Å². The van der Waals surface area contributed by atoms with Crippen LogP contribution in [0.25, 0.3) is 0 Å². The molecule has 0 aliphatic rings. The third-order valence-corrected chi connectivity index (χ3v) is 3.06. The summed E-state index contributed by atoms with van der Waals surface area (Å²) >= 11 is 6.02. The molecular weight excluding hydrogens is 294 g/mol. The summed E-state index contributed by atoms with van der Waals surface area (Å²) in [6, 6.07) is 11.0. The van der Waals surface area contributed by atoms with Gasteiger partial charge in [0.1, 0.15) is 11.8 Å². The summed E-state index contributed by atoms with van der Waals surface area (Å²) in [5, 5.41) is 23.2. The molecule has 6 nitrogen and oxygen atoms in total. The summed E-state index contributed by atoms with van der Waals surface area (Å²) in [5.74, 6) is 0.534. The third-order valence-electron chi connectivity index (χ3n) is 2.77. The SMILES string of the molecule is COc1ccc(Nc2ccc([N+](=O)[O-])cc2C#N)cc1Cl. The molecule has 0 fully saturated rings. The molecule has 2 aromatic carbocycles. The standard InChI is InChI=1S/C14H10ClN3O3/c1-21-14-5-2-10(7-12(14)15)17-13-4-3-11(18(19)20)6-9(13)8-16/h2-7,17H,1H3. The van der Waals surface area contributed by atoms with E-state index in [2.05, 4.69) is 5.32 Å². The minimum Gasteiger partial charge on any atom is -0.495 e. The number of benzene rings is 2. The number of nitrogens with one attached hydrogen (secondary N) is 1. The van der Waals surface area contributed by atoms with Crippen molar-refractivity contribution in [2.45, 2.75) is 0 Å². The molecule has 0 saturated heterocycles. The number of halogens is 1. The molecule has 21 heavy (non-hydrogen) atoms. The van der Waals surface area contributed by atoms with Gasteiger partial charge >= 0.3 is 0 Å². The topological polar surface area (TPSA) is 88.2 Å². The fourth-order valence-corrected chi connectivity index (χ4v) is 2.00. The first-order chi connectivity index (χ1) is 10.0. The van der Waals surface area contributed by atoms with Crippen LogP contribution in [0, 0.1) is 21.4 Å². The third kappa shape index (κ3) is 3.22. The molecule has 0 atom stereocenters. The first kappa shape index (κ1) is 14.6. The van der Waals surface area contributed by atoms with Crippen LogP contribution >= 0.6 is 11.6 Å². The number of rotatable bonds is 4. The molecule has 2 aromatic rings. The Labute approximate surface area is 125 Å². The number of anilines is 2. The number of nitrogens with zero attached hydrogens (tertiary/aromatic N) is 2. The van der Waals surface area contributed by atoms with Crippen molar-refractivity contribution in [3.05, 3.63) is 57.1 Å². The van der Waals surface area contributed by atoms with Gasteiger partial charge in [0.25, 0.3) is 5.69 Å². The Kier molecular flexibility index (Phi) is 4.26. The van der Waals surface area contributed by atoms with E-state index in [0.717, 1.165) is 0 Å². The molecule has 0 aliphatic heterocycles. The molecule has 0 saturated carbocycles. The molecule has 0 spiro atoms. The Hall–Kier alpha value is -2.78. The van der Waals surface area contributed by atoms with E-state index in [4.69, 9.17) is 21.6 Å². The largest absolute Gasteiger partial charge is 0.495 e. The van der Waals surface area contributed by atoms with Crippen LogP contribution in [0.2, 0.25) is 5.02 Å². The zero-order valence-electron chi connectivity index (χ0n) is 11.0. The molecule has 0 aromatic heterocycles. The van der Waals surface area contributed by atoms with Crippen LogP contribution < -0.4 is 10.1 Å². The fourth-order valence-electron chi connectivity index (χ4n) is 1.75. The first-order valence-corrected chi connectivity index (χ1v) is 6.22. The number of ether oxygens (including phenoxy) is 1. The van der Waals surface area contributed by atoms with Crippen LogP contribution in [-0.4, -0.2) is 12.0 Å². The average Bonchev–Trinajstić information content (AvgIpc) is 2.47. The Balaban J connectivity index is 2.33. The highest BCUT2D eigenvalue weighted by Crippen LogP contribution is 2.30. The molecule has 0 heterocycles. The number of non-ortho nitro benzene ring substituents is 1. The van der Waals surface area contributed by atoms with Crippen molar-refractivity contribution in [1.82, 2.24) is 0 Å². The Morgan fingerprint density at radius 2 is 2.10 bits per heavy atom. The summed E-state index contributed by atoms with van der Waals surface area (Å²) in [6.07, 6.45) is 0. The molecule has 0 amide bonds. The van der Waals surface area contributed by atoms with E-state index in [9.17, 15) is 10.1 Å². The number of nitro groups is 1. The van der Waals surface area contributed by atoms with Crippen LogP contribution in [0.5, 0.6) is 5.75 Å². The van der Waals surface area contributed by atoms with Gasteiger partial charge in [-0.05, 0) is 24.3 Å². The van der Waals surface area contributed by atoms with E-state index in [-0.39, 0.29) is 11.3 Å². The number of hydrogen-bond donors (Lipinski definition) is 1. The van der Waals surface area contributed by atoms with E-state index in [1.165, 1.54) is 25.3 Å². The number of nitro benzene ring substituents is 1. The molecule has 2 rings (SSSR count). The van der Waals surface area contributed by atoms with E-state index in [1.54, 1.807) is 18.2 Å². The van der Waals surface area contributed by atoms with Crippen molar-refractivity contribution < 1.29 is 9.66 Å². The van der Waals surface area contributed by atoms with Gasteiger partial charge in [-0.3, -0.25) is 10.1 Å². The van der Waals surface area contributed by atoms with Crippen LogP contribution in [0.1, 0.15) is 5.56 Å². The highest BCUT2D eigenvalue weighted by atomic mass is 35.5. The molecule has 0 aliphatic carbocycles. The second kappa shape index (κ2) is 6.11. The normalized spacial score (nSPS) is 9.76. The zero-order chi connectivity index (χ0) is 15.4. The van der Waals surface area contributed by atoms with E-state index in [1.807, 2.05) is 6.07 Å². The predicted octanol–water partition coefficient (Wildman–Crippen LogP) is 3.87. The van der Waals surface area contributed by atoms with Gasteiger partial charge in [0.05, 0.1) is 28.3 Å². The predicted molar refractivity (Wildman–Crippen MR) is 79.1 cm³/mol. The molecule has 0 radical (unpaired) electrons. The van der Waals surface area contributed by atoms with Gasteiger partial charge in [-0.15, -0.1) is 0 Å². The van der Waals surface area contributed by atoms with Gasteiger partial charge in [0.15, 0.2) is 0 Å². The maximum atomic E-state index is 10.7. The van der Waals surface area contributed by atoms with Crippen molar-refractivity contribution in [3.8, 4) is 11.8 Å². The van der Waals surface area contributed by atoms with Crippen molar-refractivity contribution in [2.24, 2.45) is 0 Å². The summed E-state index contributed by atoms with van der Waals surface area (Å²) in [5.41, 5.74) is 1.15. The highest BCUT2D eigenvalue weighted by molar-refractivity contribution is 6.32. The van der Waals surface area contributed by atoms with E-state index >= 15 is 0 Å². The van der Waals surface area contributed by atoms with Crippen molar-refractivity contribution >= 4 is 28.7 Å². The zero-order valence-corrected chi connectivity index (χ0v) is 11.7. The maximum absolute atomic E-state index is 10.7. The van der Waals surface area contributed by atoms with Gasteiger partial charge < -0.3 is 10.1 Å². The lowest BCUT2D eigenvalue weighted by Crippen LogP contribution is -1.96. The van der Waals surface area contributed by atoms with Crippen molar-refractivity contribution in [2.75, 3.05) is 12.4 Å². The minimum absolute atomic E-state index is 0.134. The summed E-state index contributed by atoms with van der Waals surface area (Å²) in [4.78, 5) is 10.2. The Morgan fingerprint density at radius 1 is 1.33 bits per heavy atom. The molecule has 1 N–H and O–H groups in total. The maximum Gasteiger partial charge on any atom is 0.270 e. The van der Waals surface area contributed by atoms with Gasteiger partial charge in [0, 0.05) is 17.8 Å². The van der Waals surface area contributed by atoms with E-state index < -0.39 is 4.92 Å². The quantitative estimate of drug-likeness (QED) is 0.684. The molecule has 0 bridgehead atoms. The first-order valence-electron chi connectivity index (χ1n) is 5.84. The lowest BCUT2D eigenvalue weighted by Gasteiger charge is -2.10. The lowest BCUT2D eigenvalue weighted by molar-refractivity contribution is -0.384. The Bertz CT molecular complexity index is 741. The monoisotopic (exact) mass is 303 g/mol. The van der Waals surface area contributed by atoms with Gasteiger partial charge in [0.2, 0.25) is 0 Å². The minimum atomic E-state index is -0.547. The van der Waals surface area contributed by atoms with Crippen LogP contribution in [0.4, 0.5) is 17.1 Å². The van der Waals surface area contributed by atoms with Crippen LogP contribution in [0.3, 0.4) is 0 Å². The highest BCUT2D eigenvalue weighted by Gasteiger charge is 2.11. The van der Waals surface area contributed by atoms with Crippen LogP contribution in [0.15, 0.2) is 36.4 Å². The Morgan fingerprint density at radius 3 is 2.67 bits per heavy atom. The second-order valence-corrected chi connectivity index (χ2v) is 4.48. The average molecular weight is 304 g/mol. The number of hydrogen-bond acceptors (Lipinski definition) is 5. The fraction of sp³-hybridized carbons (Fsp3) is 0.0714. The van der Waals surface area contributed by atoms with E-state index in [0.29, 0.717) is 22.1 Å². The van der Waals surface area contributed by atoms with Crippen LogP contribution in [-0.2, 0) is 0 Å². The molecule has 106 valence electrons. The number of nitriles is 1. The van der Waals surface area contributed by atoms with Crippen molar-refractivity contribution in [3.63, 3.8) is 0 Å². The van der Waals surface area contributed by atoms with Gasteiger partial charge in [-0.1, -0.05) is 11.6 Å². The summed E-state index contributed by atoms with van der Waals surface area (Å²) in [6.45, 7) is 0. The molecule has 7 heteroatoms. The lowest BCUT2D eigenvalue weighted by atomic mass is 10.1. The molecule has 0 unspecified atom stereocenters. The second-order valence-electron chi connectivity index (χ2n) is 4.07. The molecular formula is C14H10ClN3O3. The van der Waals surface area contributed by atoms with Gasteiger partial charge in [-0.2, -0.15) is 5.26 Å². The summed E-state index contributed by atoms with van der Waals surface area (Å²) < 4.78 is 5.05. The smallest absolute Gasteiger partial charge is 0.270 e. The van der Waals surface area contributed by atoms with Gasteiger partial charge in [-0.25, -0.2) is 0 Å².